The number of hydrogen-bond donors (Lipinski definition) is 0. The van der Waals surface area contributed by atoms with E-state index >= 15 is 0 Å². The molecule has 6 nitrogen and oxygen atoms in total. The number of carbonyl (C=O) groups excluding carboxylic acids is 1. The summed E-state index contributed by atoms with van der Waals surface area (Å²) in [5.41, 5.74) is 1.91. The quantitative estimate of drug-likeness (QED) is 0.484. The fourth-order valence-corrected chi connectivity index (χ4v) is 6.87. The van der Waals surface area contributed by atoms with E-state index < -0.39 is 17.2 Å². The van der Waals surface area contributed by atoms with Crippen molar-refractivity contribution in [3.63, 3.8) is 0 Å². The number of aryl methyl sites for hydroxylation is 1. The van der Waals surface area contributed by atoms with Gasteiger partial charge < -0.3 is 9.47 Å². The second-order valence-electron chi connectivity index (χ2n) is 10.9. The van der Waals surface area contributed by atoms with Crippen molar-refractivity contribution in [1.82, 2.24) is 19.4 Å². The summed E-state index contributed by atoms with van der Waals surface area (Å²) in [6, 6.07) is 7.25. The van der Waals surface area contributed by atoms with Crippen LogP contribution in [0.5, 0.6) is 0 Å². The van der Waals surface area contributed by atoms with Gasteiger partial charge in [0.05, 0.1) is 21.2 Å². The molecule has 10 heteroatoms. The zero-order chi connectivity index (χ0) is 25.9. The lowest BCUT2D eigenvalue weighted by Gasteiger charge is -2.37. The first kappa shape index (κ1) is 24.6. The van der Waals surface area contributed by atoms with Crippen LogP contribution in [-0.2, 0) is 37.5 Å². The molecule has 37 heavy (non-hydrogen) atoms. The number of rotatable bonds is 5. The predicted octanol–water partition coefficient (Wildman–Crippen LogP) is 4.59. The monoisotopic (exact) mass is 530 g/mol. The summed E-state index contributed by atoms with van der Waals surface area (Å²) in [6.07, 6.45) is 0.786. The van der Waals surface area contributed by atoms with Crippen molar-refractivity contribution >= 4 is 27.5 Å². The number of hydrogen-bond acceptors (Lipinski definition) is 5. The molecule has 2 fully saturated rings. The van der Waals surface area contributed by atoms with E-state index in [-0.39, 0.29) is 17.3 Å². The fraction of sp³-hybridized carbons (Fsp3) is 0.519. The van der Waals surface area contributed by atoms with E-state index in [9.17, 15) is 22.8 Å². The van der Waals surface area contributed by atoms with Crippen LogP contribution < -0.4 is 4.87 Å². The van der Waals surface area contributed by atoms with E-state index in [2.05, 4.69) is 16.0 Å². The lowest BCUT2D eigenvalue weighted by atomic mass is 9.79. The van der Waals surface area contributed by atoms with Crippen molar-refractivity contribution < 1.29 is 18.0 Å². The summed E-state index contributed by atoms with van der Waals surface area (Å²) < 4.78 is 42.4. The number of pyridine rings is 1. The molecule has 1 saturated heterocycles. The molecule has 1 saturated carbocycles. The standard InChI is InChI=1S/C27H29F3N4O2S/c1-32-22-10-18(4-5-23(22)37-25(32)36)14-33-9-7-26(16-33,12-17-2-3-17)24(35)34-8-6-21-19(15-34)11-20(13-31-21)27(28,29)30/h4-5,10-11,13,17H,2-3,6-9,12,14-16H2,1H3. The van der Waals surface area contributed by atoms with Crippen LogP contribution in [0, 0.1) is 11.3 Å². The average molecular weight is 531 g/mol. The minimum atomic E-state index is -4.45. The molecule has 6 rings (SSSR count). The Morgan fingerprint density at radius 1 is 1.22 bits per heavy atom. The zero-order valence-corrected chi connectivity index (χ0v) is 21.5. The van der Waals surface area contributed by atoms with Crippen LogP contribution >= 0.6 is 11.3 Å². The number of aromatic nitrogens is 2. The SMILES string of the molecule is Cn1c(=O)sc2ccc(CN3CCC(CC4CC4)(C(=O)N4CCc5ncc(C(F)(F)F)cc5C4)C3)cc21. The third kappa shape index (κ3) is 4.69. The van der Waals surface area contributed by atoms with E-state index in [1.54, 1.807) is 16.5 Å². The molecule has 1 unspecified atom stereocenters. The number of alkyl halides is 3. The van der Waals surface area contributed by atoms with Gasteiger partial charge in [0, 0.05) is 51.5 Å². The summed E-state index contributed by atoms with van der Waals surface area (Å²) in [5.74, 6) is 0.622. The minimum absolute atomic E-state index is 0.0167. The number of benzene rings is 1. The zero-order valence-electron chi connectivity index (χ0n) is 20.7. The van der Waals surface area contributed by atoms with Crippen LogP contribution in [0.15, 0.2) is 35.3 Å². The molecule has 1 aromatic carbocycles. The molecule has 0 radical (unpaired) electrons. The first-order valence-electron chi connectivity index (χ1n) is 12.8. The van der Waals surface area contributed by atoms with E-state index in [1.165, 1.54) is 11.3 Å². The molecular weight excluding hydrogens is 501 g/mol. The third-order valence-corrected chi connectivity index (χ3v) is 9.19. The minimum Gasteiger partial charge on any atom is -0.337 e. The highest BCUT2D eigenvalue weighted by atomic mass is 32.1. The number of nitrogens with zero attached hydrogens (tertiary/aromatic N) is 4. The second kappa shape index (κ2) is 8.94. The Morgan fingerprint density at radius 2 is 2.03 bits per heavy atom. The van der Waals surface area contributed by atoms with Gasteiger partial charge in [0.1, 0.15) is 0 Å². The second-order valence-corrected chi connectivity index (χ2v) is 11.9. The summed E-state index contributed by atoms with van der Waals surface area (Å²) in [5, 5.41) is 0. The maximum absolute atomic E-state index is 14.0. The Morgan fingerprint density at radius 3 is 2.78 bits per heavy atom. The molecule has 3 aromatic rings. The normalized spacial score (nSPS) is 22.5. The number of halogens is 3. The smallest absolute Gasteiger partial charge is 0.337 e. The van der Waals surface area contributed by atoms with E-state index in [4.69, 9.17) is 0 Å². The summed E-state index contributed by atoms with van der Waals surface area (Å²) in [7, 11) is 1.78. The van der Waals surface area contributed by atoms with Crippen LogP contribution in [0.25, 0.3) is 10.2 Å². The van der Waals surface area contributed by atoms with Gasteiger partial charge in [-0.15, -0.1) is 0 Å². The van der Waals surface area contributed by atoms with Gasteiger partial charge in [-0.2, -0.15) is 13.2 Å². The summed E-state index contributed by atoms with van der Waals surface area (Å²) in [4.78, 5) is 34.2. The van der Waals surface area contributed by atoms with E-state index in [0.29, 0.717) is 43.2 Å². The summed E-state index contributed by atoms with van der Waals surface area (Å²) in [6.45, 7) is 2.80. The fourth-order valence-electron chi connectivity index (χ4n) is 6.02. The van der Waals surface area contributed by atoms with Crippen LogP contribution in [0.3, 0.4) is 0 Å². The maximum atomic E-state index is 14.0. The number of amides is 1. The number of likely N-dealkylation sites (tertiary alicyclic amines) is 1. The molecule has 2 aromatic heterocycles. The Balaban J connectivity index is 1.21. The molecule has 196 valence electrons. The Labute approximate surface area is 216 Å². The van der Waals surface area contributed by atoms with Crippen molar-refractivity contribution in [3.05, 3.63) is 62.5 Å². The first-order chi connectivity index (χ1) is 17.6. The van der Waals surface area contributed by atoms with Gasteiger partial charge in [0.25, 0.3) is 0 Å². The van der Waals surface area contributed by atoms with Crippen molar-refractivity contribution in [3.8, 4) is 0 Å². The van der Waals surface area contributed by atoms with Crippen LogP contribution in [-0.4, -0.2) is 44.9 Å². The molecule has 1 aliphatic carbocycles. The number of carbonyl (C=O) groups is 1. The number of thiazole rings is 1. The van der Waals surface area contributed by atoms with Gasteiger partial charge in [0.2, 0.25) is 5.91 Å². The Hall–Kier alpha value is -2.72. The Kier molecular flexibility index (Phi) is 5.95. The maximum Gasteiger partial charge on any atom is 0.417 e. The van der Waals surface area contributed by atoms with Gasteiger partial charge in [0.15, 0.2) is 0 Å². The van der Waals surface area contributed by atoms with Crippen LogP contribution in [0.1, 0.15) is 48.1 Å². The lowest BCUT2D eigenvalue weighted by Crippen LogP contribution is -2.47. The molecule has 4 heterocycles. The molecule has 0 N–H and O–H groups in total. The Bertz CT molecular complexity index is 1430. The number of fused-ring (bicyclic) bond motifs is 2. The van der Waals surface area contributed by atoms with Gasteiger partial charge in [-0.25, -0.2) is 0 Å². The molecule has 3 aliphatic rings. The molecule has 0 spiro atoms. The topological polar surface area (TPSA) is 58.4 Å². The third-order valence-electron chi connectivity index (χ3n) is 8.18. The lowest BCUT2D eigenvalue weighted by molar-refractivity contribution is -0.143. The van der Waals surface area contributed by atoms with Crippen LogP contribution in [0.2, 0.25) is 0 Å². The molecule has 0 bridgehead atoms. The molecule has 1 amide bonds. The van der Waals surface area contributed by atoms with Crippen molar-refractivity contribution in [2.75, 3.05) is 19.6 Å². The van der Waals surface area contributed by atoms with E-state index in [0.717, 1.165) is 60.3 Å². The van der Waals surface area contributed by atoms with Crippen molar-refractivity contribution in [2.45, 2.75) is 51.4 Å². The largest absolute Gasteiger partial charge is 0.417 e. The highest BCUT2D eigenvalue weighted by Gasteiger charge is 2.49. The van der Waals surface area contributed by atoms with E-state index in [1.807, 2.05) is 12.1 Å². The van der Waals surface area contributed by atoms with Crippen molar-refractivity contribution in [1.29, 1.82) is 0 Å². The van der Waals surface area contributed by atoms with Crippen molar-refractivity contribution in [2.24, 2.45) is 18.4 Å². The first-order valence-corrected chi connectivity index (χ1v) is 13.6. The molecular formula is C27H29F3N4O2S. The highest BCUT2D eigenvalue weighted by molar-refractivity contribution is 7.16. The van der Waals surface area contributed by atoms with Gasteiger partial charge in [-0.05, 0) is 54.6 Å². The predicted molar refractivity (Wildman–Crippen MR) is 135 cm³/mol. The van der Waals surface area contributed by atoms with Crippen LogP contribution in [0.4, 0.5) is 13.2 Å². The average Bonchev–Trinajstić information content (AvgIpc) is 3.52. The van der Waals surface area contributed by atoms with Gasteiger partial charge in [-0.3, -0.25) is 19.5 Å². The molecule has 1 atom stereocenters. The summed E-state index contributed by atoms with van der Waals surface area (Å²) >= 11 is 1.24. The van der Waals surface area contributed by atoms with Gasteiger partial charge in [-0.1, -0.05) is 30.2 Å². The van der Waals surface area contributed by atoms with Gasteiger partial charge >= 0.3 is 11.0 Å². The highest BCUT2D eigenvalue weighted by Crippen LogP contribution is 2.47. The molecule has 2 aliphatic heterocycles.